The molecule has 4 heteroatoms. The number of hydrogen-bond acceptors (Lipinski definition) is 3. The van der Waals surface area contributed by atoms with Crippen LogP contribution < -0.4 is 4.74 Å². The number of ether oxygens (including phenoxy) is 2. The second kappa shape index (κ2) is 5.34. The van der Waals surface area contributed by atoms with Gasteiger partial charge in [0.1, 0.15) is 5.75 Å². The molecule has 0 radical (unpaired) electrons. The van der Waals surface area contributed by atoms with Crippen LogP contribution in [0.25, 0.3) is 0 Å². The lowest BCUT2D eigenvalue weighted by Gasteiger charge is -2.08. The van der Waals surface area contributed by atoms with Gasteiger partial charge in [-0.15, -0.1) is 0 Å². The van der Waals surface area contributed by atoms with E-state index in [-0.39, 0.29) is 12.2 Å². The Morgan fingerprint density at radius 3 is 2.87 bits per heavy atom. The number of carbonyl (C=O) groups excluding carboxylic acids is 1. The normalized spacial score (nSPS) is 11.9. The molecule has 0 N–H and O–H groups in total. The summed E-state index contributed by atoms with van der Waals surface area (Å²) in [6.45, 7) is 1.80. The van der Waals surface area contributed by atoms with Crippen LogP contribution in [0.15, 0.2) is 24.3 Å². The highest BCUT2D eigenvalue weighted by Crippen LogP contribution is 2.22. The summed E-state index contributed by atoms with van der Waals surface area (Å²) in [6.07, 6.45) is -1.75. The SMILES string of the molecule is CCOC(=O)[C@H](F)c1cccc(OC)c1. The van der Waals surface area contributed by atoms with Gasteiger partial charge in [0.2, 0.25) is 6.17 Å². The molecule has 0 amide bonds. The highest BCUT2D eigenvalue weighted by atomic mass is 19.1. The van der Waals surface area contributed by atoms with Crippen LogP contribution in [0.4, 0.5) is 4.39 Å². The fourth-order valence-electron chi connectivity index (χ4n) is 1.15. The van der Waals surface area contributed by atoms with Gasteiger partial charge in [0.05, 0.1) is 13.7 Å². The summed E-state index contributed by atoms with van der Waals surface area (Å²) < 4.78 is 23.0. The van der Waals surface area contributed by atoms with Crippen LogP contribution in [-0.2, 0) is 9.53 Å². The molecule has 0 saturated carbocycles. The van der Waals surface area contributed by atoms with Gasteiger partial charge in [-0.1, -0.05) is 12.1 Å². The van der Waals surface area contributed by atoms with Crippen molar-refractivity contribution in [1.82, 2.24) is 0 Å². The number of hydrogen-bond donors (Lipinski definition) is 0. The lowest BCUT2D eigenvalue weighted by atomic mass is 10.1. The maximum Gasteiger partial charge on any atom is 0.345 e. The van der Waals surface area contributed by atoms with Gasteiger partial charge in [0, 0.05) is 5.56 Å². The lowest BCUT2D eigenvalue weighted by Crippen LogP contribution is -2.11. The van der Waals surface area contributed by atoms with Gasteiger partial charge < -0.3 is 9.47 Å². The van der Waals surface area contributed by atoms with Crippen molar-refractivity contribution in [1.29, 1.82) is 0 Å². The van der Waals surface area contributed by atoms with Crippen molar-refractivity contribution < 1.29 is 18.7 Å². The minimum atomic E-state index is -1.75. The first-order valence-corrected chi connectivity index (χ1v) is 4.63. The third-order valence-corrected chi connectivity index (χ3v) is 1.88. The molecule has 0 bridgehead atoms. The molecule has 1 aromatic rings. The van der Waals surface area contributed by atoms with Crippen molar-refractivity contribution in [3.05, 3.63) is 29.8 Å². The van der Waals surface area contributed by atoms with Gasteiger partial charge in [0.15, 0.2) is 0 Å². The molecule has 0 fully saturated rings. The van der Waals surface area contributed by atoms with Crippen molar-refractivity contribution in [3.63, 3.8) is 0 Å². The second-order valence-corrected chi connectivity index (χ2v) is 2.89. The van der Waals surface area contributed by atoms with E-state index >= 15 is 0 Å². The van der Waals surface area contributed by atoms with Crippen molar-refractivity contribution >= 4 is 5.97 Å². The van der Waals surface area contributed by atoms with E-state index in [0.717, 1.165) is 0 Å². The molecule has 0 aliphatic heterocycles. The summed E-state index contributed by atoms with van der Waals surface area (Å²) in [6, 6.07) is 6.30. The van der Waals surface area contributed by atoms with Gasteiger partial charge in [-0.05, 0) is 19.1 Å². The third-order valence-electron chi connectivity index (χ3n) is 1.88. The smallest absolute Gasteiger partial charge is 0.345 e. The van der Waals surface area contributed by atoms with Crippen molar-refractivity contribution in [2.45, 2.75) is 13.1 Å². The summed E-state index contributed by atoms with van der Waals surface area (Å²) in [5.41, 5.74) is 0.243. The van der Waals surface area contributed by atoms with Crippen LogP contribution in [0.2, 0.25) is 0 Å². The summed E-state index contributed by atoms with van der Waals surface area (Å²) in [4.78, 5) is 11.1. The van der Waals surface area contributed by atoms with Crippen LogP contribution in [0, 0.1) is 0 Å². The summed E-state index contributed by atoms with van der Waals surface area (Å²) in [5, 5.41) is 0. The molecule has 1 aromatic carbocycles. The lowest BCUT2D eigenvalue weighted by molar-refractivity contribution is -0.149. The standard InChI is InChI=1S/C11H13FO3/c1-3-15-11(13)10(12)8-5-4-6-9(7-8)14-2/h4-7,10H,3H2,1-2H3/t10-/m1/s1. The third kappa shape index (κ3) is 2.94. The molecule has 1 atom stereocenters. The van der Waals surface area contributed by atoms with Gasteiger partial charge >= 0.3 is 5.97 Å². The number of halogens is 1. The quantitative estimate of drug-likeness (QED) is 0.718. The van der Waals surface area contributed by atoms with Crippen LogP contribution >= 0.6 is 0 Å². The van der Waals surface area contributed by atoms with Gasteiger partial charge in [-0.25, -0.2) is 9.18 Å². The molecule has 0 aliphatic rings. The first-order valence-electron chi connectivity index (χ1n) is 4.63. The van der Waals surface area contributed by atoms with Gasteiger partial charge in [0.25, 0.3) is 0 Å². The molecule has 1 rings (SSSR count). The predicted octanol–water partition coefficient (Wildman–Crippen LogP) is 2.27. The molecule has 3 nitrogen and oxygen atoms in total. The Balaban J connectivity index is 2.81. The van der Waals surface area contributed by atoms with Gasteiger partial charge in [-0.3, -0.25) is 0 Å². The van der Waals surface area contributed by atoms with E-state index in [2.05, 4.69) is 4.74 Å². The highest BCUT2D eigenvalue weighted by molar-refractivity contribution is 5.76. The fraction of sp³-hybridized carbons (Fsp3) is 0.364. The Hall–Kier alpha value is -1.58. The van der Waals surface area contributed by atoms with Crippen LogP contribution in [-0.4, -0.2) is 19.7 Å². The minimum absolute atomic E-state index is 0.170. The van der Waals surface area contributed by atoms with E-state index < -0.39 is 12.1 Å². The predicted molar refractivity (Wildman–Crippen MR) is 53.5 cm³/mol. The Bertz CT molecular complexity index is 338. The maximum absolute atomic E-state index is 13.5. The zero-order valence-electron chi connectivity index (χ0n) is 8.70. The topological polar surface area (TPSA) is 35.5 Å². The number of methoxy groups -OCH3 is 1. The molecule has 15 heavy (non-hydrogen) atoms. The first-order chi connectivity index (χ1) is 7.19. The number of benzene rings is 1. The largest absolute Gasteiger partial charge is 0.497 e. The molecule has 0 aliphatic carbocycles. The fourth-order valence-corrected chi connectivity index (χ4v) is 1.15. The van der Waals surface area contributed by atoms with Crippen LogP contribution in [0.3, 0.4) is 0 Å². The Morgan fingerprint density at radius 2 is 2.27 bits per heavy atom. The Morgan fingerprint density at radius 1 is 1.53 bits per heavy atom. The van der Waals surface area contributed by atoms with E-state index in [1.807, 2.05) is 0 Å². The molecule has 0 aromatic heterocycles. The van der Waals surface area contributed by atoms with E-state index in [4.69, 9.17) is 4.74 Å². The average molecular weight is 212 g/mol. The summed E-state index contributed by atoms with van der Waals surface area (Å²) in [7, 11) is 1.48. The first kappa shape index (κ1) is 11.5. The second-order valence-electron chi connectivity index (χ2n) is 2.89. The number of rotatable bonds is 4. The molecule has 0 heterocycles. The van der Waals surface area contributed by atoms with E-state index in [1.165, 1.54) is 19.2 Å². The molecule has 0 saturated heterocycles. The van der Waals surface area contributed by atoms with Crippen molar-refractivity contribution in [2.75, 3.05) is 13.7 Å². The van der Waals surface area contributed by atoms with Crippen LogP contribution in [0.1, 0.15) is 18.7 Å². The van der Waals surface area contributed by atoms with Crippen LogP contribution in [0.5, 0.6) is 5.75 Å². The Labute approximate surface area is 87.8 Å². The number of alkyl halides is 1. The molecule has 0 unspecified atom stereocenters. The maximum atomic E-state index is 13.5. The summed E-state index contributed by atoms with van der Waals surface area (Å²) >= 11 is 0. The molecular formula is C11H13FO3. The zero-order chi connectivity index (χ0) is 11.3. The molecule has 82 valence electrons. The zero-order valence-corrected chi connectivity index (χ0v) is 8.70. The van der Waals surface area contributed by atoms with E-state index in [1.54, 1.807) is 19.1 Å². The molecule has 0 spiro atoms. The number of carbonyl (C=O) groups is 1. The monoisotopic (exact) mass is 212 g/mol. The minimum Gasteiger partial charge on any atom is -0.497 e. The van der Waals surface area contributed by atoms with Crippen molar-refractivity contribution in [3.8, 4) is 5.75 Å². The summed E-state index contributed by atoms with van der Waals surface area (Å²) in [5.74, 6) is -0.356. The van der Waals surface area contributed by atoms with Crippen molar-refractivity contribution in [2.24, 2.45) is 0 Å². The van der Waals surface area contributed by atoms with E-state index in [9.17, 15) is 9.18 Å². The Kier molecular flexibility index (Phi) is 4.09. The highest BCUT2D eigenvalue weighted by Gasteiger charge is 2.20. The molecular weight excluding hydrogens is 199 g/mol. The van der Waals surface area contributed by atoms with E-state index in [0.29, 0.717) is 5.75 Å². The van der Waals surface area contributed by atoms with Gasteiger partial charge in [-0.2, -0.15) is 0 Å². The average Bonchev–Trinajstić information content (AvgIpc) is 2.28. The number of esters is 1.